The lowest BCUT2D eigenvalue weighted by molar-refractivity contribution is 0.0308. The van der Waals surface area contributed by atoms with Crippen LogP contribution in [0.5, 0.6) is 5.75 Å². The van der Waals surface area contributed by atoms with Crippen molar-refractivity contribution >= 4 is 24.4 Å². The Labute approximate surface area is 104 Å². The van der Waals surface area contributed by atoms with Crippen LogP contribution < -0.4 is 15.5 Å². The minimum Gasteiger partial charge on any atom is -0.432 e. The molecule has 6 nitrogen and oxygen atoms in total. The standard InChI is InChI=1S/C9H13N2O4PS/c1-11-14-9(12)7-5-3-4-6-8(7)15-16(10,17)13-2/h3-6,11H,1-2H3,(H2,10,17). The summed E-state index contributed by atoms with van der Waals surface area (Å²) >= 11 is 4.91. The largest absolute Gasteiger partial charge is 0.432 e. The first-order valence-electron chi connectivity index (χ1n) is 4.61. The zero-order chi connectivity index (χ0) is 12.9. The molecule has 1 unspecified atom stereocenters. The highest BCUT2D eigenvalue weighted by Gasteiger charge is 2.19. The normalized spacial score (nSPS) is 13.8. The highest BCUT2D eigenvalue weighted by molar-refractivity contribution is 8.08. The van der Waals surface area contributed by atoms with Crippen LogP contribution in [-0.2, 0) is 21.2 Å². The number of hydrogen-bond acceptors (Lipinski definition) is 6. The van der Waals surface area contributed by atoms with Crippen molar-refractivity contribution in [3.63, 3.8) is 0 Å². The fraction of sp³-hybridized carbons (Fsp3) is 0.222. The van der Waals surface area contributed by atoms with E-state index >= 15 is 0 Å². The number of carbonyl (C=O) groups excluding carboxylic acids is 1. The third-order valence-electron chi connectivity index (χ3n) is 1.78. The van der Waals surface area contributed by atoms with Crippen molar-refractivity contribution in [2.24, 2.45) is 5.50 Å². The summed E-state index contributed by atoms with van der Waals surface area (Å²) < 4.78 is 10.2. The van der Waals surface area contributed by atoms with Crippen molar-refractivity contribution in [1.29, 1.82) is 0 Å². The Bertz CT molecular complexity index is 454. The Kier molecular flexibility index (Phi) is 5.04. The molecule has 1 aromatic carbocycles. The molecular formula is C9H13N2O4PS. The quantitative estimate of drug-likeness (QED) is 0.617. The molecule has 0 aliphatic rings. The first-order valence-corrected chi connectivity index (χ1v) is 7.32. The molecule has 94 valence electrons. The molecule has 3 N–H and O–H groups in total. The van der Waals surface area contributed by atoms with E-state index in [1.54, 1.807) is 24.3 Å². The van der Waals surface area contributed by atoms with E-state index in [0.29, 0.717) is 0 Å². The van der Waals surface area contributed by atoms with E-state index in [1.807, 2.05) is 0 Å². The summed E-state index contributed by atoms with van der Waals surface area (Å²) in [5.74, 6) is -0.352. The minimum atomic E-state index is -2.88. The Balaban J connectivity index is 3.00. The predicted octanol–water partition coefficient (Wildman–Crippen LogP) is 1.19. The highest BCUT2D eigenvalue weighted by Crippen LogP contribution is 2.40. The van der Waals surface area contributed by atoms with Crippen molar-refractivity contribution in [1.82, 2.24) is 5.48 Å². The van der Waals surface area contributed by atoms with Gasteiger partial charge in [-0.05, 0) is 23.9 Å². The van der Waals surface area contributed by atoms with E-state index in [1.165, 1.54) is 14.2 Å². The molecule has 17 heavy (non-hydrogen) atoms. The molecule has 0 spiro atoms. The van der Waals surface area contributed by atoms with Crippen LogP contribution in [0.4, 0.5) is 0 Å². The van der Waals surface area contributed by atoms with Crippen LogP contribution >= 0.6 is 6.64 Å². The molecule has 0 amide bonds. The van der Waals surface area contributed by atoms with Crippen molar-refractivity contribution in [2.75, 3.05) is 14.2 Å². The number of para-hydroxylation sites is 1. The van der Waals surface area contributed by atoms with Crippen LogP contribution in [0, 0.1) is 0 Å². The lowest BCUT2D eigenvalue weighted by Crippen LogP contribution is -2.16. The number of hydroxylamine groups is 1. The van der Waals surface area contributed by atoms with Gasteiger partial charge in [-0.3, -0.25) is 0 Å². The van der Waals surface area contributed by atoms with Gasteiger partial charge in [0.15, 0.2) is 0 Å². The van der Waals surface area contributed by atoms with Crippen molar-refractivity contribution in [3.8, 4) is 5.75 Å². The average Bonchev–Trinajstić information content (AvgIpc) is 2.29. The number of hydrogen-bond donors (Lipinski definition) is 2. The van der Waals surface area contributed by atoms with E-state index < -0.39 is 12.6 Å². The van der Waals surface area contributed by atoms with Crippen molar-refractivity contribution < 1.29 is 18.7 Å². The topological polar surface area (TPSA) is 82.8 Å². The monoisotopic (exact) mass is 276 g/mol. The van der Waals surface area contributed by atoms with Gasteiger partial charge in [0.2, 0.25) is 0 Å². The van der Waals surface area contributed by atoms with Gasteiger partial charge in [-0.15, -0.1) is 0 Å². The summed E-state index contributed by atoms with van der Waals surface area (Å²) in [5, 5.41) is 0. The second-order valence-electron chi connectivity index (χ2n) is 2.90. The molecule has 1 aromatic rings. The maximum absolute atomic E-state index is 11.6. The lowest BCUT2D eigenvalue weighted by Gasteiger charge is -2.17. The number of nitrogens with two attached hydrogens (primary N) is 1. The van der Waals surface area contributed by atoms with Gasteiger partial charge in [0.05, 0.1) is 0 Å². The van der Waals surface area contributed by atoms with E-state index in [2.05, 4.69) is 10.3 Å². The van der Waals surface area contributed by atoms with Crippen molar-refractivity contribution in [2.45, 2.75) is 0 Å². The summed E-state index contributed by atoms with van der Waals surface area (Å²) in [6, 6.07) is 6.47. The molecule has 1 rings (SSSR count). The molecule has 0 aliphatic carbocycles. The molecule has 0 saturated carbocycles. The van der Waals surface area contributed by atoms with Gasteiger partial charge in [-0.2, -0.15) is 5.48 Å². The van der Waals surface area contributed by atoms with Gasteiger partial charge in [0.1, 0.15) is 11.3 Å². The van der Waals surface area contributed by atoms with Gasteiger partial charge < -0.3 is 13.9 Å². The number of rotatable bonds is 5. The molecule has 8 heteroatoms. The summed E-state index contributed by atoms with van der Waals surface area (Å²) in [5.41, 5.74) is 8.11. The van der Waals surface area contributed by atoms with Crippen LogP contribution in [0.1, 0.15) is 10.4 Å². The third-order valence-corrected chi connectivity index (χ3v) is 3.41. The Hall–Kier alpha value is -0.980. The molecule has 0 heterocycles. The second kappa shape index (κ2) is 6.09. The van der Waals surface area contributed by atoms with Crippen LogP contribution in [-0.4, -0.2) is 20.1 Å². The molecule has 0 aromatic heterocycles. The fourth-order valence-corrected chi connectivity index (χ4v) is 1.79. The smallest absolute Gasteiger partial charge is 0.360 e. The van der Waals surface area contributed by atoms with Gasteiger partial charge in [-0.1, -0.05) is 12.1 Å². The SMILES string of the molecule is CNOC(=O)c1ccccc1OP(N)(=S)OC. The lowest BCUT2D eigenvalue weighted by atomic mass is 10.2. The second-order valence-corrected chi connectivity index (χ2v) is 6.06. The van der Waals surface area contributed by atoms with E-state index in [-0.39, 0.29) is 11.3 Å². The molecule has 0 radical (unpaired) electrons. The summed E-state index contributed by atoms with van der Waals surface area (Å²) in [4.78, 5) is 16.2. The maximum atomic E-state index is 11.6. The summed E-state index contributed by atoms with van der Waals surface area (Å²) in [7, 11) is 2.83. The summed E-state index contributed by atoms with van der Waals surface area (Å²) in [6.45, 7) is -2.88. The zero-order valence-electron chi connectivity index (χ0n) is 9.38. The molecule has 0 saturated heterocycles. The highest BCUT2D eigenvalue weighted by atomic mass is 32.5. The Morgan fingerprint density at radius 3 is 2.71 bits per heavy atom. The van der Waals surface area contributed by atoms with Crippen molar-refractivity contribution in [3.05, 3.63) is 29.8 Å². The molecule has 0 bridgehead atoms. The summed E-state index contributed by atoms with van der Waals surface area (Å²) in [6.07, 6.45) is 0. The van der Waals surface area contributed by atoms with E-state index in [4.69, 9.17) is 26.4 Å². The molecule has 0 aliphatic heterocycles. The Morgan fingerprint density at radius 1 is 1.47 bits per heavy atom. The average molecular weight is 276 g/mol. The first-order chi connectivity index (χ1) is 8.00. The van der Waals surface area contributed by atoms with Crippen LogP contribution in [0.3, 0.4) is 0 Å². The van der Waals surface area contributed by atoms with Crippen LogP contribution in [0.25, 0.3) is 0 Å². The number of carbonyl (C=O) groups is 1. The zero-order valence-corrected chi connectivity index (χ0v) is 11.1. The van der Waals surface area contributed by atoms with Gasteiger partial charge in [-0.25, -0.2) is 10.3 Å². The van der Waals surface area contributed by atoms with Crippen LogP contribution in [0.2, 0.25) is 0 Å². The van der Waals surface area contributed by atoms with E-state index in [0.717, 1.165) is 0 Å². The third kappa shape index (κ3) is 4.07. The molecule has 0 fully saturated rings. The minimum absolute atomic E-state index is 0.221. The maximum Gasteiger partial charge on any atom is 0.360 e. The van der Waals surface area contributed by atoms with Gasteiger partial charge in [0.25, 0.3) is 0 Å². The predicted molar refractivity (Wildman–Crippen MR) is 67.0 cm³/mol. The Morgan fingerprint density at radius 2 is 2.12 bits per heavy atom. The van der Waals surface area contributed by atoms with Crippen LogP contribution in [0.15, 0.2) is 24.3 Å². The molecule has 1 atom stereocenters. The van der Waals surface area contributed by atoms with E-state index in [9.17, 15) is 4.79 Å². The first kappa shape index (κ1) is 14.1. The number of benzene rings is 1. The fourth-order valence-electron chi connectivity index (χ4n) is 1.04. The molecular weight excluding hydrogens is 263 g/mol. The van der Waals surface area contributed by atoms with Gasteiger partial charge in [0, 0.05) is 14.2 Å². The van der Waals surface area contributed by atoms with Gasteiger partial charge >= 0.3 is 12.6 Å². The number of nitrogens with one attached hydrogen (secondary N) is 1.